The van der Waals surface area contributed by atoms with Crippen LogP contribution >= 0.6 is 11.6 Å². The predicted octanol–water partition coefficient (Wildman–Crippen LogP) is 2.93. The van der Waals surface area contributed by atoms with Crippen LogP contribution in [0.1, 0.15) is 44.9 Å². The summed E-state index contributed by atoms with van der Waals surface area (Å²) in [5.74, 6) is 0.0612. The maximum absolute atomic E-state index is 12.8. The van der Waals surface area contributed by atoms with E-state index in [1.54, 1.807) is 6.07 Å². The van der Waals surface area contributed by atoms with E-state index in [0.29, 0.717) is 32.0 Å². The van der Waals surface area contributed by atoms with Crippen molar-refractivity contribution in [3.63, 3.8) is 0 Å². The van der Waals surface area contributed by atoms with Crippen LogP contribution in [-0.2, 0) is 14.8 Å². The van der Waals surface area contributed by atoms with Gasteiger partial charge in [0.15, 0.2) is 0 Å². The molecule has 0 radical (unpaired) electrons. The number of halogens is 1. The molecular formula is C18H26ClN3O3S. The van der Waals surface area contributed by atoms with Gasteiger partial charge in [0.25, 0.3) is 0 Å². The number of nitrogens with zero attached hydrogens (tertiary/aromatic N) is 3. The lowest BCUT2D eigenvalue weighted by Gasteiger charge is -2.36. The van der Waals surface area contributed by atoms with E-state index in [2.05, 4.69) is 4.98 Å². The van der Waals surface area contributed by atoms with Crippen molar-refractivity contribution in [2.45, 2.75) is 55.9 Å². The summed E-state index contributed by atoms with van der Waals surface area (Å²) >= 11 is 5.96. The van der Waals surface area contributed by atoms with Crippen LogP contribution in [0.4, 0.5) is 0 Å². The Kier molecular flexibility index (Phi) is 6.20. The number of rotatable bonds is 4. The first-order valence-electron chi connectivity index (χ1n) is 9.28. The van der Waals surface area contributed by atoms with E-state index in [1.807, 2.05) is 11.9 Å². The van der Waals surface area contributed by atoms with Gasteiger partial charge in [-0.05, 0) is 37.8 Å². The van der Waals surface area contributed by atoms with E-state index >= 15 is 0 Å². The molecule has 6 nitrogen and oxygen atoms in total. The van der Waals surface area contributed by atoms with Gasteiger partial charge in [0.1, 0.15) is 10.0 Å². The molecule has 144 valence electrons. The Hall–Kier alpha value is -1.18. The largest absolute Gasteiger partial charge is 0.343 e. The zero-order chi connectivity index (χ0) is 18.7. The zero-order valence-corrected chi connectivity index (χ0v) is 16.7. The molecule has 2 heterocycles. The lowest BCUT2D eigenvalue weighted by Crippen LogP contribution is -2.46. The Labute approximate surface area is 160 Å². The number of amides is 1. The first-order chi connectivity index (χ1) is 12.4. The second kappa shape index (κ2) is 8.23. The summed E-state index contributed by atoms with van der Waals surface area (Å²) in [5, 5.41) is -0.0114. The Bertz CT molecular complexity index is 742. The summed E-state index contributed by atoms with van der Waals surface area (Å²) < 4.78 is 27.0. The van der Waals surface area contributed by atoms with Crippen LogP contribution in [-0.4, -0.2) is 54.7 Å². The maximum Gasteiger partial charge on any atom is 0.246 e. The summed E-state index contributed by atoms with van der Waals surface area (Å²) in [6.07, 6.45) is 8.35. The Balaban J connectivity index is 1.62. The summed E-state index contributed by atoms with van der Waals surface area (Å²) in [7, 11) is -1.77. The smallest absolute Gasteiger partial charge is 0.246 e. The molecule has 8 heteroatoms. The average Bonchev–Trinajstić information content (AvgIpc) is 2.68. The van der Waals surface area contributed by atoms with Crippen LogP contribution < -0.4 is 0 Å². The molecule has 0 spiro atoms. The topological polar surface area (TPSA) is 70.6 Å². The van der Waals surface area contributed by atoms with Gasteiger partial charge in [-0.15, -0.1) is 0 Å². The summed E-state index contributed by atoms with van der Waals surface area (Å²) in [4.78, 5) is 18.6. The van der Waals surface area contributed by atoms with E-state index < -0.39 is 10.0 Å². The van der Waals surface area contributed by atoms with Gasteiger partial charge in [-0.2, -0.15) is 4.31 Å². The molecule has 1 aromatic heterocycles. The molecule has 2 aliphatic rings. The van der Waals surface area contributed by atoms with Gasteiger partial charge in [-0.1, -0.05) is 30.9 Å². The summed E-state index contributed by atoms with van der Waals surface area (Å²) in [5.41, 5.74) is 0. The fourth-order valence-corrected chi connectivity index (χ4v) is 5.88. The lowest BCUT2D eigenvalue weighted by molar-refractivity contribution is -0.138. The number of aromatic nitrogens is 1. The minimum atomic E-state index is -3.67. The maximum atomic E-state index is 12.8. The fourth-order valence-electron chi connectivity index (χ4n) is 3.98. The van der Waals surface area contributed by atoms with Crippen molar-refractivity contribution in [3.05, 3.63) is 23.5 Å². The minimum Gasteiger partial charge on any atom is -0.343 e. The Morgan fingerprint density at radius 1 is 1.19 bits per heavy atom. The molecule has 1 saturated carbocycles. The van der Waals surface area contributed by atoms with Gasteiger partial charge in [-0.3, -0.25) is 4.79 Å². The number of hydrogen-bond acceptors (Lipinski definition) is 4. The molecule has 1 aliphatic carbocycles. The number of pyridine rings is 1. The predicted molar refractivity (Wildman–Crippen MR) is 100 cm³/mol. The highest BCUT2D eigenvalue weighted by Crippen LogP contribution is 2.29. The molecule has 0 bridgehead atoms. The first-order valence-corrected chi connectivity index (χ1v) is 11.1. The SMILES string of the molecule is CN(C(=O)C1CCN(S(=O)(=O)c2cccnc2Cl)CC1)C1CCCCC1. The summed E-state index contributed by atoms with van der Waals surface area (Å²) in [6.45, 7) is 0.672. The Morgan fingerprint density at radius 2 is 1.85 bits per heavy atom. The average molecular weight is 400 g/mol. The van der Waals surface area contributed by atoms with Crippen LogP contribution in [0.5, 0.6) is 0 Å². The van der Waals surface area contributed by atoms with E-state index in [9.17, 15) is 13.2 Å². The molecule has 26 heavy (non-hydrogen) atoms. The van der Waals surface area contributed by atoms with Gasteiger partial charge in [0, 0.05) is 38.3 Å². The van der Waals surface area contributed by atoms with Crippen LogP contribution in [0.15, 0.2) is 23.2 Å². The van der Waals surface area contributed by atoms with Gasteiger partial charge in [0.05, 0.1) is 0 Å². The zero-order valence-electron chi connectivity index (χ0n) is 15.1. The molecule has 1 aromatic rings. The van der Waals surface area contributed by atoms with Crippen molar-refractivity contribution in [2.24, 2.45) is 5.92 Å². The number of hydrogen-bond donors (Lipinski definition) is 0. The molecule has 1 aliphatic heterocycles. The molecule has 1 saturated heterocycles. The molecule has 0 aromatic carbocycles. The molecular weight excluding hydrogens is 374 g/mol. The molecule has 0 unspecified atom stereocenters. The van der Waals surface area contributed by atoms with E-state index in [1.165, 1.54) is 35.8 Å². The lowest BCUT2D eigenvalue weighted by atomic mass is 9.91. The monoisotopic (exact) mass is 399 g/mol. The molecule has 1 amide bonds. The first kappa shape index (κ1) is 19.6. The highest BCUT2D eigenvalue weighted by molar-refractivity contribution is 7.89. The van der Waals surface area contributed by atoms with E-state index in [0.717, 1.165) is 12.8 Å². The van der Waals surface area contributed by atoms with Gasteiger partial charge in [0.2, 0.25) is 15.9 Å². The normalized spacial score (nSPS) is 20.8. The van der Waals surface area contributed by atoms with Crippen molar-refractivity contribution in [1.29, 1.82) is 0 Å². The number of sulfonamides is 1. The number of carbonyl (C=O) groups is 1. The number of carbonyl (C=O) groups excluding carboxylic acids is 1. The van der Waals surface area contributed by atoms with Crippen LogP contribution in [0.25, 0.3) is 0 Å². The van der Waals surface area contributed by atoms with Crippen LogP contribution in [0.3, 0.4) is 0 Å². The second-order valence-corrected chi connectivity index (χ2v) is 9.48. The minimum absolute atomic E-state index is 0.0114. The quantitative estimate of drug-likeness (QED) is 0.730. The third-order valence-electron chi connectivity index (χ3n) is 5.62. The van der Waals surface area contributed by atoms with Gasteiger partial charge in [-0.25, -0.2) is 13.4 Å². The van der Waals surface area contributed by atoms with Crippen molar-refractivity contribution in [1.82, 2.24) is 14.2 Å². The number of piperidine rings is 1. The van der Waals surface area contributed by atoms with Crippen molar-refractivity contribution in [2.75, 3.05) is 20.1 Å². The molecule has 2 fully saturated rings. The second-order valence-electron chi connectivity index (χ2n) is 7.21. The molecule has 0 atom stereocenters. The highest BCUT2D eigenvalue weighted by atomic mass is 35.5. The van der Waals surface area contributed by atoms with E-state index in [-0.39, 0.29) is 21.9 Å². The van der Waals surface area contributed by atoms with Crippen molar-refractivity contribution in [3.8, 4) is 0 Å². The third-order valence-corrected chi connectivity index (χ3v) is 7.96. The molecule has 0 N–H and O–H groups in total. The van der Waals surface area contributed by atoms with Crippen molar-refractivity contribution >= 4 is 27.5 Å². The summed E-state index contributed by atoms with van der Waals surface area (Å²) in [6, 6.07) is 3.37. The Morgan fingerprint density at radius 3 is 2.46 bits per heavy atom. The van der Waals surface area contributed by atoms with E-state index in [4.69, 9.17) is 11.6 Å². The molecule has 3 rings (SSSR count). The van der Waals surface area contributed by atoms with Crippen LogP contribution in [0, 0.1) is 5.92 Å². The third kappa shape index (κ3) is 4.05. The fraction of sp³-hybridized carbons (Fsp3) is 0.667. The highest BCUT2D eigenvalue weighted by Gasteiger charge is 2.35. The van der Waals surface area contributed by atoms with Crippen LogP contribution in [0.2, 0.25) is 5.15 Å². The van der Waals surface area contributed by atoms with Crippen molar-refractivity contribution < 1.29 is 13.2 Å². The van der Waals surface area contributed by atoms with Gasteiger partial charge < -0.3 is 4.90 Å². The standard InChI is InChI=1S/C18H26ClN3O3S/c1-21(15-6-3-2-4-7-15)18(23)14-9-12-22(13-10-14)26(24,25)16-8-5-11-20-17(16)19/h5,8,11,14-15H,2-4,6-7,9-10,12-13H2,1H3. The van der Waals surface area contributed by atoms with Gasteiger partial charge >= 0.3 is 0 Å².